The third-order valence-corrected chi connectivity index (χ3v) is 2.91. The molecule has 1 aliphatic heterocycles. The van der Waals surface area contributed by atoms with Gasteiger partial charge in [-0.1, -0.05) is 17.7 Å². The van der Waals surface area contributed by atoms with Crippen LogP contribution in [-0.2, 0) is 0 Å². The van der Waals surface area contributed by atoms with E-state index < -0.39 is 0 Å². The lowest BCUT2D eigenvalue weighted by atomic mass is 10.1. The van der Waals surface area contributed by atoms with Gasteiger partial charge in [-0.3, -0.25) is 4.79 Å². The van der Waals surface area contributed by atoms with Crippen LogP contribution < -0.4 is 10.6 Å². The molecule has 94 valence electrons. The largest absolute Gasteiger partial charge is 0.348 e. The summed E-state index contributed by atoms with van der Waals surface area (Å²) in [6.45, 7) is 3.95. The monoisotopic (exact) mass is 254 g/mol. The normalized spacial score (nSPS) is 19.2. The zero-order valence-electron chi connectivity index (χ0n) is 10.0. The Kier molecular flexibility index (Phi) is 5.45. The molecule has 0 radical (unpaired) electrons. The number of hydrogen-bond acceptors (Lipinski definition) is 2. The van der Waals surface area contributed by atoms with Crippen LogP contribution >= 0.6 is 12.4 Å². The molecule has 0 spiro atoms. The maximum absolute atomic E-state index is 11.9. The minimum Gasteiger partial charge on any atom is -0.348 e. The molecule has 1 fully saturated rings. The van der Waals surface area contributed by atoms with Gasteiger partial charge in [0.05, 0.1) is 0 Å². The molecule has 1 atom stereocenters. The topological polar surface area (TPSA) is 41.1 Å². The molecule has 1 heterocycles. The summed E-state index contributed by atoms with van der Waals surface area (Å²) in [6, 6.07) is 7.98. The third kappa shape index (κ3) is 4.02. The molecule has 17 heavy (non-hydrogen) atoms. The molecule has 2 rings (SSSR count). The number of hydrogen-bond donors (Lipinski definition) is 2. The first-order chi connectivity index (χ1) is 7.75. The standard InChI is InChI=1S/C13H18N2O.ClH/c1-10-4-2-5-11(8-10)13(16)15-12-6-3-7-14-9-12;/h2,4-5,8,12,14H,3,6-7,9H2,1H3,(H,15,16);1H/t12-;/m1./s1. The number of amides is 1. The van der Waals surface area contributed by atoms with Crippen molar-refractivity contribution in [2.45, 2.75) is 25.8 Å². The first-order valence-corrected chi connectivity index (χ1v) is 5.84. The lowest BCUT2D eigenvalue weighted by Crippen LogP contribution is -2.45. The van der Waals surface area contributed by atoms with E-state index in [2.05, 4.69) is 10.6 Å². The molecule has 1 aliphatic rings. The van der Waals surface area contributed by atoms with Crippen LogP contribution in [0.4, 0.5) is 0 Å². The highest BCUT2D eigenvalue weighted by Crippen LogP contribution is 2.06. The van der Waals surface area contributed by atoms with Gasteiger partial charge in [0.25, 0.3) is 5.91 Å². The molecule has 2 N–H and O–H groups in total. The van der Waals surface area contributed by atoms with Crippen LogP contribution in [0.25, 0.3) is 0 Å². The lowest BCUT2D eigenvalue weighted by molar-refractivity contribution is 0.0930. The molecule has 1 amide bonds. The molecule has 0 saturated carbocycles. The number of rotatable bonds is 2. The summed E-state index contributed by atoms with van der Waals surface area (Å²) in [7, 11) is 0. The Hall–Kier alpha value is -1.06. The average Bonchev–Trinajstić information content (AvgIpc) is 2.30. The van der Waals surface area contributed by atoms with Gasteiger partial charge in [-0.2, -0.15) is 0 Å². The summed E-state index contributed by atoms with van der Waals surface area (Å²) in [5.41, 5.74) is 1.87. The maximum atomic E-state index is 11.9. The maximum Gasteiger partial charge on any atom is 0.251 e. The number of carbonyl (C=O) groups excluding carboxylic acids is 1. The summed E-state index contributed by atoms with van der Waals surface area (Å²) in [5, 5.41) is 6.35. The number of benzene rings is 1. The van der Waals surface area contributed by atoms with Gasteiger partial charge in [-0.25, -0.2) is 0 Å². The minimum atomic E-state index is 0. The van der Waals surface area contributed by atoms with Crippen LogP contribution in [-0.4, -0.2) is 25.0 Å². The van der Waals surface area contributed by atoms with E-state index in [4.69, 9.17) is 0 Å². The predicted molar refractivity (Wildman–Crippen MR) is 71.8 cm³/mol. The SMILES string of the molecule is Cc1cccc(C(=O)N[C@@H]2CCCNC2)c1.Cl. The number of nitrogens with one attached hydrogen (secondary N) is 2. The van der Waals surface area contributed by atoms with E-state index in [0.717, 1.165) is 37.1 Å². The third-order valence-electron chi connectivity index (χ3n) is 2.91. The summed E-state index contributed by atoms with van der Waals surface area (Å²) in [4.78, 5) is 11.9. The number of halogens is 1. The fourth-order valence-corrected chi connectivity index (χ4v) is 2.03. The van der Waals surface area contributed by atoms with Crippen LogP contribution in [0.2, 0.25) is 0 Å². The van der Waals surface area contributed by atoms with Crippen molar-refractivity contribution in [3.8, 4) is 0 Å². The molecule has 0 unspecified atom stereocenters. The van der Waals surface area contributed by atoms with E-state index in [-0.39, 0.29) is 24.4 Å². The summed E-state index contributed by atoms with van der Waals surface area (Å²) >= 11 is 0. The van der Waals surface area contributed by atoms with Crippen LogP contribution in [0.1, 0.15) is 28.8 Å². The van der Waals surface area contributed by atoms with Crippen molar-refractivity contribution in [1.82, 2.24) is 10.6 Å². The Morgan fingerprint density at radius 3 is 2.94 bits per heavy atom. The van der Waals surface area contributed by atoms with Crippen molar-refractivity contribution in [3.63, 3.8) is 0 Å². The molecular formula is C13H19ClN2O. The Balaban J connectivity index is 0.00000144. The van der Waals surface area contributed by atoms with Gasteiger partial charge in [0.2, 0.25) is 0 Å². The van der Waals surface area contributed by atoms with Crippen LogP contribution in [0.3, 0.4) is 0 Å². The molecule has 1 saturated heterocycles. The van der Waals surface area contributed by atoms with Crippen molar-refractivity contribution in [2.75, 3.05) is 13.1 Å². The van der Waals surface area contributed by atoms with Gasteiger partial charge in [0.1, 0.15) is 0 Å². The quantitative estimate of drug-likeness (QED) is 0.847. The van der Waals surface area contributed by atoms with E-state index in [1.165, 1.54) is 0 Å². The van der Waals surface area contributed by atoms with Crippen molar-refractivity contribution in [3.05, 3.63) is 35.4 Å². The van der Waals surface area contributed by atoms with Crippen LogP contribution in [0.5, 0.6) is 0 Å². The van der Waals surface area contributed by atoms with Crippen molar-refractivity contribution in [2.24, 2.45) is 0 Å². The number of piperidine rings is 1. The van der Waals surface area contributed by atoms with E-state index in [1.54, 1.807) is 0 Å². The molecule has 0 aliphatic carbocycles. The fraction of sp³-hybridized carbons (Fsp3) is 0.462. The Morgan fingerprint density at radius 2 is 2.29 bits per heavy atom. The van der Waals surface area contributed by atoms with Gasteiger partial charge in [-0.15, -0.1) is 12.4 Å². The van der Waals surface area contributed by atoms with Gasteiger partial charge >= 0.3 is 0 Å². The summed E-state index contributed by atoms with van der Waals surface area (Å²) < 4.78 is 0. The molecule has 1 aromatic rings. The molecule has 4 heteroatoms. The van der Waals surface area contributed by atoms with E-state index >= 15 is 0 Å². The molecule has 3 nitrogen and oxygen atoms in total. The second-order valence-electron chi connectivity index (χ2n) is 4.39. The smallest absolute Gasteiger partial charge is 0.251 e. The highest BCUT2D eigenvalue weighted by Gasteiger charge is 2.15. The zero-order chi connectivity index (χ0) is 11.4. The van der Waals surface area contributed by atoms with Crippen molar-refractivity contribution < 1.29 is 4.79 Å². The first-order valence-electron chi connectivity index (χ1n) is 5.84. The Labute approximate surface area is 108 Å². The second-order valence-corrected chi connectivity index (χ2v) is 4.39. The van der Waals surface area contributed by atoms with E-state index in [9.17, 15) is 4.79 Å². The molecular weight excluding hydrogens is 236 g/mol. The minimum absolute atomic E-state index is 0. The molecule has 0 bridgehead atoms. The predicted octanol–water partition coefficient (Wildman–Crippen LogP) is 1.90. The van der Waals surface area contributed by atoms with Gasteiger partial charge in [-0.05, 0) is 38.4 Å². The fourth-order valence-electron chi connectivity index (χ4n) is 2.03. The zero-order valence-corrected chi connectivity index (χ0v) is 10.8. The highest BCUT2D eigenvalue weighted by molar-refractivity contribution is 5.94. The number of aryl methyl sites for hydroxylation is 1. The second kappa shape index (κ2) is 6.62. The van der Waals surface area contributed by atoms with Crippen molar-refractivity contribution >= 4 is 18.3 Å². The number of carbonyl (C=O) groups is 1. The summed E-state index contributed by atoms with van der Waals surface area (Å²) in [6.07, 6.45) is 2.21. The van der Waals surface area contributed by atoms with Gasteiger partial charge < -0.3 is 10.6 Å². The van der Waals surface area contributed by atoms with E-state index in [0.29, 0.717) is 0 Å². The van der Waals surface area contributed by atoms with E-state index in [1.807, 2.05) is 31.2 Å². The average molecular weight is 255 g/mol. The van der Waals surface area contributed by atoms with Gasteiger partial charge in [0.15, 0.2) is 0 Å². The van der Waals surface area contributed by atoms with Crippen LogP contribution in [0.15, 0.2) is 24.3 Å². The van der Waals surface area contributed by atoms with Crippen LogP contribution in [0, 0.1) is 6.92 Å². The molecule has 0 aromatic heterocycles. The summed E-state index contributed by atoms with van der Waals surface area (Å²) in [5.74, 6) is 0.0393. The Morgan fingerprint density at radius 1 is 1.47 bits per heavy atom. The van der Waals surface area contributed by atoms with Crippen molar-refractivity contribution in [1.29, 1.82) is 0 Å². The Bertz CT molecular complexity index is 375. The lowest BCUT2D eigenvalue weighted by Gasteiger charge is -2.23. The van der Waals surface area contributed by atoms with Gasteiger partial charge in [0, 0.05) is 18.2 Å². The molecule has 1 aromatic carbocycles. The highest BCUT2D eigenvalue weighted by atomic mass is 35.5. The first kappa shape index (κ1) is 14.0.